The first-order valence-corrected chi connectivity index (χ1v) is 6.03. The van der Waals surface area contributed by atoms with Gasteiger partial charge in [0.2, 0.25) is 0 Å². The van der Waals surface area contributed by atoms with Crippen LogP contribution in [0.4, 0.5) is 11.7 Å². The zero-order valence-corrected chi connectivity index (χ0v) is 11.5. The molecule has 3 N–H and O–H groups in total. The van der Waals surface area contributed by atoms with Gasteiger partial charge >= 0.3 is 31.5 Å². The molecule has 0 amide bonds. The summed E-state index contributed by atoms with van der Waals surface area (Å²) in [6.45, 7) is 0. The summed E-state index contributed by atoms with van der Waals surface area (Å²) in [7, 11) is -15.5. The van der Waals surface area contributed by atoms with Crippen molar-refractivity contribution in [1.82, 2.24) is 0 Å². The van der Waals surface area contributed by atoms with Gasteiger partial charge in [-0.25, -0.2) is 0 Å². The summed E-state index contributed by atoms with van der Waals surface area (Å²) in [5, 5.41) is 0. The van der Waals surface area contributed by atoms with Gasteiger partial charge in [0.25, 0.3) is 0 Å². The topological polar surface area (TPSA) is 163 Å². The molecule has 0 atom stereocenters. The normalized spacial score (nSPS) is 10.9. The van der Waals surface area contributed by atoms with Gasteiger partial charge in [0.1, 0.15) is 0 Å². The summed E-state index contributed by atoms with van der Waals surface area (Å²) >= 11 is 0. The van der Waals surface area contributed by atoms with Crippen LogP contribution in [0.25, 0.3) is 0 Å². The SMILES string of the molecule is O=S(=O)(O)F.O=S(=O)(O)F.O=S(=O)(O)F.[Ca]. The van der Waals surface area contributed by atoms with Crippen molar-refractivity contribution in [1.29, 1.82) is 0 Å². The van der Waals surface area contributed by atoms with Gasteiger partial charge in [0.05, 0.1) is 0 Å². The quantitative estimate of drug-likeness (QED) is 0.282. The van der Waals surface area contributed by atoms with Crippen molar-refractivity contribution < 1.29 is 50.6 Å². The molecule has 0 aliphatic rings. The van der Waals surface area contributed by atoms with Gasteiger partial charge in [0, 0.05) is 37.7 Å². The van der Waals surface area contributed by atoms with Crippen LogP contribution in [-0.2, 0) is 31.5 Å². The minimum atomic E-state index is -5.17. The monoisotopic (exact) mass is 340 g/mol. The zero-order valence-electron chi connectivity index (χ0n) is 6.86. The molecule has 0 aliphatic heterocycles. The van der Waals surface area contributed by atoms with Crippen molar-refractivity contribution in [3.05, 3.63) is 0 Å². The fourth-order valence-electron chi connectivity index (χ4n) is 0. The maximum absolute atomic E-state index is 10.2. The molecule has 0 heterocycles. The van der Waals surface area contributed by atoms with Gasteiger partial charge in [-0.3, -0.25) is 13.7 Å². The molecule has 0 rings (SSSR count). The number of hydrogen-bond donors (Lipinski definition) is 3. The molecular formula is H3CaF3O9S3. The maximum atomic E-state index is 10.2. The van der Waals surface area contributed by atoms with E-state index in [-0.39, 0.29) is 37.7 Å². The predicted octanol–water partition coefficient (Wildman–Crippen LogP) is -1.10. The van der Waals surface area contributed by atoms with E-state index in [0.29, 0.717) is 0 Å². The predicted molar refractivity (Wildman–Crippen MR) is 43.7 cm³/mol. The van der Waals surface area contributed by atoms with Crippen LogP contribution in [0.2, 0.25) is 0 Å². The Bertz CT molecular complexity index is 347. The van der Waals surface area contributed by atoms with E-state index in [4.69, 9.17) is 38.9 Å². The van der Waals surface area contributed by atoms with E-state index in [1.54, 1.807) is 0 Å². The summed E-state index contributed by atoms with van der Waals surface area (Å²) < 4.78 is 102. The average molecular weight is 340 g/mol. The second-order valence-corrected chi connectivity index (χ2v) is 3.71. The third-order valence-electron chi connectivity index (χ3n) is 0. The van der Waals surface area contributed by atoms with Crippen LogP contribution in [0.1, 0.15) is 0 Å². The molecule has 0 bridgehead atoms. The first kappa shape index (κ1) is 25.6. The van der Waals surface area contributed by atoms with E-state index in [2.05, 4.69) is 0 Å². The number of hydrogen-bond acceptors (Lipinski definition) is 6. The molecule has 0 saturated heterocycles. The van der Waals surface area contributed by atoms with Gasteiger partial charge in [-0.2, -0.15) is 25.3 Å². The van der Waals surface area contributed by atoms with Crippen LogP contribution in [0.3, 0.4) is 0 Å². The minimum absolute atomic E-state index is 0. The summed E-state index contributed by atoms with van der Waals surface area (Å²) in [6, 6.07) is 0. The molecule has 0 aliphatic carbocycles. The standard InChI is InChI=1S/Ca.3FHO3S/c;3*1-5(2,3)4/h;3*(H,2,3,4). The summed E-state index contributed by atoms with van der Waals surface area (Å²) in [5.74, 6) is 0. The van der Waals surface area contributed by atoms with Crippen molar-refractivity contribution in [2.75, 3.05) is 0 Å². The third kappa shape index (κ3) is 4620. The second-order valence-electron chi connectivity index (χ2n) is 1.24. The van der Waals surface area contributed by atoms with Gasteiger partial charge in [-0.05, 0) is 0 Å². The van der Waals surface area contributed by atoms with Crippen LogP contribution in [0, 0.1) is 0 Å². The Balaban J connectivity index is -0.0000000655. The van der Waals surface area contributed by atoms with E-state index in [1.807, 2.05) is 0 Å². The Kier molecular flexibility index (Phi) is 15.6. The third-order valence-corrected chi connectivity index (χ3v) is 0. The Morgan fingerprint density at radius 3 is 0.562 bits per heavy atom. The Morgan fingerprint density at radius 1 is 0.562 bits per heavy atom. The second kappa shape index (κ2) is 9.77. The van der Waals surface area contributed by atoms with E-state index >= 15 is 0 Å². The molecule has 2 radical (unpaired) electrons. The number of rotatable bonds is 0. The van der Waals surface area contributed by atoms with E-state index in [0.717, 1.165) is 0 Å². The van der Waals surface area contributed by atoms with Crippen molar-refractivity contribution in [3.8, 4) is 0 Å². The average Bonchev–Trinajstić information content (AvgIpc) is 1.41. The van der Waals surface area contributed by atoms with Crippen molar-refractivity contribution in [2.24, 2.45) is 0 Å². The molecule has 0 saturated carbocycles. The fourth-order valence-corrected chi connectivity index (χ4v) is 0. The molecule has 0 unspecified atom stereocenters. The Morgan fingerprint density at radius 2 is 0.562 bits per heavy atom. The molecule has 9 nitrogen and oxygen atoms in total. The summed E-state index contributed by atoms with van der Waals surface area (Å²) in [4.78, 5) is 0. The van der Waals surface area contributed by atoms with Crippen LogP contribution in [-0.4, -0.2) is 76.6 Å². The fraction of sp³-hybridized carbons (Fsp3) is 0. The molecule has 98 valence electrons. The largest absolute Gasteiger partial charge is 0.435 e. The van der Waals surface area contributed by atoms with Crippen LogP contribution < -0.4 is 0 Å². The van der Waals surface area contributed by atoms with Crippen LogP contribution in [0.5, 0.6) is 0 Å². The van der Waals surface area contributed by atoms with Gasteiger partial charge in [-0.1, -0.05) is 11.7 Å². The minimum Gasteiger partial charge on any atom is -0.260 e. The molecular weight excluding hydrogens is 337 g/mol. The molecule has 0 aromatic carbocycles. The van der Waals surface area contributed by atoms with Gasteiger partial charge in [-0.15, -0.1) is 0 Å². The molecule has 0 spiro atoms. The van der Waals surface area contributed by atoms with Gasteiger partial charge < -0.3 is 0 Å². The molecule has 0 fully saturated rings. The first-order chi connectivity index (χ1) is 6.00. The molecule has 16 heavy (non-hydrogen) atoms. The summed E-state index contributed by atoms with van der Waals surface area (Å²) in [6.07, 6.45) is 0. The smallest absolute Gasteiger partial charge is 0.260 e. The first-order valence-electron chi connectivity index (χ1n) is 2.01. The summed E-state index contributed by atoms with van der Waals surface area (Å²) in [5.41, 5.74) is 0. The van der Waals surface area contributed by atoms with Crippen molar-refractivity contribution in [2.45, 2.75) is 0 Å². The Hall–Kier alpha value is 0.780. The maximum Gasteiger partial charge on any atom is 0.435 e. The van der Waals surface area contributed by atoms with Crippen LogP contribution in [0.15, 0.2) is 0 Å². The van der Waals surface area contributed by atoms with E-state index in [1.165, 1.54) is 0 Å². The van der Waals surface area contributed by atoms with E-state index in [9.17, 15) is 11.7 Å². The number of halogens is 3. The van der Waals surface area contributed by atoms with Crippen molar-refractivity contribution in [3.63, 3.8) is 0 Å². The van der Waals surface area contributed by atoms with Gasteiger partial charge in [0.15, 0.2) is 0 Å². The van der Waals surface area contributed by atoms with Crippen molar-refractivity contribution >= 4 is 69.3 Å². The zero-order chi connectivity index (χ0) is 13.5. The molecule has 16 heteroatoms. The Labute approximate surface area is 119 Å². The van der Waals surface area contributed by atoms with Crippen LogP contribution >= 0.6 is 0 Å². The molecule has 0 aromatic heterocycles. The molecule has 0 aromatic rings. The van der Waals surface area contributed by atoms with E-state index < -0.39 is 31.5 Å².